The second kappa shape index (κ2) is 4.77. The molecule has 2 nitrogen and oxygen atoms in total. The minimum absolute atomic E-state index is 0.297. The van der Waals surface area contributed by atoms with Crippen molar-refractivity contribution in [3.63, 3.8) is 0 Å². The molecule has 1 fully saturated rings. The third-order valence-corrected chi connectivity index (χ3v) is 3.25. The van der Waals surface area contributed by atoms with Crippen LogP contribution >= 0.6 is 0 Å². The topological polar surface area (TPSA) is 23.5 Å². The highest BCUT2D eigenvalue weighted by atomic mass is 16.3. The van der Waals surface area contributed by atoms with E-state index >= 15 is 0 Å². The first-order valence-electron chi connectivity index (χ1n) is 5.69. The second-order valence-electron chi connectivity index (χ2n) is 4.52. The molecule has 0 aromatic heterocycles. The zero-order chi connectivity index (χ0) is 10.7. The van der Waals surface area contributed by atoms with Gasteiger partial charge in [-0.3, -0.25) is 0 Å². The molecule has 0 unspecified atom stereocenters. The van der Waals surface area contributed by atoms with Crippen LogP contribution in [0, 0.1) is 5.92 Å². The van der Waals surface area contributed by atoms with Crippen molar-refractivity contribution in [2.75, 3.05) is 20.1 Å². The quantitative estimate of drug-likeness (QED) is 0.799. The van der Waals surface area contributed by atoms with Crippen LogP contribution in [0.5, 0.6) is 0 Å². The Hall–Kier alpha value is -0.860. The van der Waals surface area contributed by atoms with Crippen molar-refractivity contribution in [3.05, 3.63) is 35.9 Å². The van der Waals surface area contributed by atoms with Crippen LogP contribution in [0.2, 0.25) is 0 Å². The second-order valence-corrected chi connectivity index (χ2v) is 4.52. The minimum atomic E-state index is -0.297. The molecule has 1 aromatic rings. The van der Waals surface area contributed by atoms with Crippen LogP contribution in [0.3, 0.4) is 0 Å². The van der Waals surface area contributed by atoms with Crippen molar-refractivity contribution in [2.45, 2.75) is 18.9 Å². The lowest BCUT2D eigenvalue weighted by Crippen LogP contribution is -2.35. The third-order valence-electron chi connectivity index (χ3n) is 3.25. The molecule has 2 heteroatoms. The highest BCUT2D eigenvalue weighted by Crippen LogP contribution is 2.28. The minimum Gasteiger partial charge on any atom is -0.388 e. The zero-order valence-electron chi connectivity index (χ0n) is 9.26. The highest BCUT2D eigenvalue weighted by molar-refractivity contribution is 5.18. The van der Waals surface area contributed by atoms with Gasteiger partial charge in [0, 0.05) is 12.5 Å². The summed E-state index contributed by atoms with van der Waals surface area (Å²) in [7, 11) is 2.13. The van der Waals surface area contributed by atoms with Gasteiger partial charge in [-0.25, -0.2) is 0 Å². The Kier molecular flexibility index (Phi) is 3.39. The molecule has 1 N–H and O–H groups in total. The first-order valence-corrected chi connectivity index (χ1v) is 5.69. The smallest absolute Gasteiger partial charge is 0.0830 e. The van der Waals surface area contributed by atoms with Crippen molar-refractivity contribution in [2.24, 2.45) is 5.92 Å². The van der Waals surface area contributed by atoms with E-state index in [1.54, 1.807) is 0 Å². The first-order chi connectivity index (χ1) is 7.27. The molecule has 0 bridgehead atoms. The van der Waals surface area contributed by atoms with Crippen LogP contribution in [-0.4, -0.2) is 30.1 Å². The molecule has 15 heavy (non-hydrogen) atoms. The molecule has 0 saturated carbocycles. The van der Waals surface area contributed by atoms with Crippen molar-refractivity contribution in [1.29, 1.82) is 0 Å². The number of likely N-dealkylation sites (tertiary alicyclic amines) is 1. The van der Waals surface area contributed by atoms with E-state index in [0.717, 1.165) is 25.1 Å². The summed E-state index contributed by atoms with van der Waals surface area (Å²) in [5.74, 6) is 0.395. The maximum absolute atomic E-state index is 10.2. The van der Waals surface area contributed by atoms with E-state index in [-0.39, 0.29) is 6.10 Å². The molecule has 82 valence electrons. The van der Waals surface area contributed by atoms with Crippen molar-refractivity contribution in [3.8, 4) is 0 Å². The molecule has 0 radical (unpaired) electrons. The van der Waals surface area contributed by atoms with Gasteiger partial charge >= 0.3 is 0 Å². The van der Waals surface area contributed by atoms with Gasteiger partial charge in [0.15, 0.2) is 0 Å². The molecule has 1 heterocycles. The largest absolute Gasteiger partial charge is 0.388 e. The number of aliphatic hydroxyl groups is 1. The summed E-state index contributed by atoms with van der Waals surface area (Å²) in [5.41, 5.74) is 1.05. The van der Waals surface area contributed by atoms with Crippen LogP contribution in [0.4, 0.5) is 0 Å². The van der Waals surface area contributed by atoms with E-state index in [0.29, 0.717) is 5.92 Å². The van der Waals surface area contributed by atoms with E-state index in [9.17, 15) is 5.11 Å². The molecule has 0 aliphatic carbocycles. The van der Waals surface area contributed by atoms with E-state index in [1.165, 1.54) is 6.42 Å². The number of piperidine rings is 1. The number of benzene rings is 1. The molecule has 1 saturated heterocycles. The molecule has 2 rings (SSSR count). The van der Waals surface area contributed by atoms with Crippen molar-refractivity contribution >= 4 is 0 Å². The van der Waals surface area contributed by atoms with E-state index < -0.39 is 0 Å². The number of nitrogens with zero attached hydrogens (tertiary/aromatic N) is 1. The van der Waals surface area contributed by atoms with Crippen LogP contribution in [0.25, 0.3) is 0 Å². The van der Waals surface area contributed by atoms with E-state index in [2.05, 4.69) is 11.9 Å². The van der Waals surface area contributed by atoms with Crippen LogP contribution < -0.4 is 0 Å². The van der Waals surface area contributed by atoms with Gasteiger partial charge in [-0.1, -0.05) is 30.3 Å². The number of rotatable bonds is 2. The average Bonchev–Trinajstić information content (AvgIpc) is 2.29. The molecule has 0 amide bonds. The van der Waals surface area contributed by atoms with Gasteiger partial charge in [0.05, 0.1) is 6.10 Å². The average molecular weight is 205 g/mol. The maximum Gasteiger partial charge on any atom is 0.0830 e. The van der Waals surface area contributed by atoms with E-state index in [4.69, 9.17) is 0 Å². The fourth-order valence-corrected chi connectivity index (χ4v) is 2.39. The normalized spacial score (nSPS) is 25.1. The molecule has 1 aliphatic rings. The molecular weight excluding hydrogens is 186 g/mol. The maximum atomic E-state index is 10.2. The van der Waals surface area contributed by atoms with Gasteiger partial charge < -0.3 is 10.0 Å². The van der Waals surface area contributed by atoms with E-state index in [1.807, 2.05) is 30.3 Å². The Balaban J connectivity index is 2.04. The molecular formula is C13H19NO. The number of hydrogen-bond donors (Lipinski definition) is 1. The monoisotopic (exact) mass is 205 g/mol. The molecule has 2 atom stereocenters. The zero-order valence-corrected chi connectivity index (χ0v) is 9.26. The van der Waals surface area contributed by atoms with Gasteiger partial charge in [-0.15, -0.1) is 0 Å². The van der Waals surface area contributed by atoms with Gasteiger partial charge in [0.25, 0.3) is 0 Å². The van der Waals surface area contributed by atoms with Gasteiger partial charge in [-0.2, -0.15) is 0 Å². The summed E-state index contributed by atoms with van der Waals surface area (Å²) in [6.45, 7) is 2.17. The summed E-state index contributed by atoms with van der Waals surface area (Å²) in [4.78, 5) is 2.31. The Morgan fingerprint density at radius 1 is 1.33 bits per heavy atom. The summed E-state index contributed by atoms with van der Waals surface area (Å²) in [5, 5.41) is 10.2. The van der Waals surface area contributed by atoms with Crippen LogP contribution in [0.1, 0.15) is 24.5 Å². The Labute approximate surface area is 91.5 Å². The summed E-state index contributed by atoms with van der Waals surface area (Å²) in [6, 6.07) is 10.00. The van der Waals surface area contributed by atoms with Gasteiger partial charge in [0.1, 0.15) is 0 Å². The standard InChI is InChI=1S/C13H19NO/c1-14-9-5-8-12(10-14)13(15)11-6-3-2-4-7-11/h2-4,6-7,12-13,15H,5,8-10H2,1H3/t12-,13-/m1/s1. The van der Waals surface area contributed by atoms with Crippen molar-refractivity contribution in [1.82, 2.24) is 4.90 Å². The lowest BCUT2D eigenvalue weighted by Gasteiger charge is -2.32. The van der Waals surface area contributed by atoms with Crippen LogP contribution in [-0.2, 0) is 0 Å². The predicted octanol–water partition coefficient (Wildman–Crippen LogP) is 2.06. The summed E-state index contributed by atoms with van der Waals surface area (Å²) >= 11 is 0. The van der Waals surface area contributed by atoms with Gasteiger partial charge in [-0.05, 0) is 32.0 Å². The molecule has 1 aromatic carbocycles. The number of aliphatic hydroxyl groups excluding tert-OH is 1. The predicted molar refractivity (Wildman–Crippen MR) is 61.6 cm³/mol. The summed E-state index contributed by atoms with van der Waals surface area (Å²) in [6.07, 6.45) is 2.04. The van der Waals surface area contributed by atoms with Crippen LogP contribution in [0.15, 0.2) is 30.3 Å². The fourth-order valence-electron chi connectivity index (χ4n) is 2.39. The number of hydrogen-bond acceptors (Lipinski definition) is 2. The molecule has 1 aliphatic heterocycles. The highest BCUT2D eigenvalue weighted by Gasteiger charge is 2.24. The Bertz CT molecular complexity index is 299. The summed E-state index contributed by atoms with van der Waals surface area (Å²) < 4.78 is 0. The lowest BCUT2D eigenvalue weighted by molar-refractivity contribution is 0.0592. The first kappa shape index (κ1) is 10.7. The fraction of sp³-hybridized carbons (Fsp3) is 0.538. The van der Waals surface area contributed by atoms with Gasteiger partial charge in [0.2, 0.25) is 0 Å². The Morgan fingerprint density at radius 3 is 2.73 bits per heavy atom. The lowest BCUT2D eigenvalue weighted by atomic mass is 9.89. The van der Waals surface area contributed by atoms with Crippen molar-refractivity contribution < 1.29 is 5.11 Å². The third kappa shape index (κ3) is 2.58. The molecule has 0 spiro atoms. The SMILES string of the molecule is CN1CCC[C@@H]([C@H](O)c2ccccc2)C1. The Morgan fingerprint density at radius 2 is 2.07 bits per heavy atom.